The number of imidazole rings is 1. The van der Waals surface area contributed by atoms with Gasteiger partial charge in [0.15, 0.2) is 0 Å². The molecule has 1 atom stereocenters. The number of hydrogen-bond acceptors (Lipinski definition) is 3. The molecule has 4 aromatic rings. The Morgan fingerprint density at radius 1 is 1.06 bits per heavy atom. The number of alkyl halides is 3. The van der Waals surface area contributed by atoms with E-state index in [-0.39, 0.29) is 0 Å². The summed E-state index contributed by atoms with van der Waals surface area (Å²) in [5, 5.41) is 3.36. The van der Waals surface area contributed by atoms with Crippen LogP contribution in [-0.4, -0.2) is 16.2 Å². The number of nitrogens with one attached hydrogen (secondary N) is 1. The van der Waals surface area contributed by atoms with Crippen LogP contribution in [0.1, 0.15) is 42.6 Å². The fourth-order valence-electron chi connectivity index (χ4n) is 4.46. The van der Waals surface area contributed by atoms with E-state index >= 15 is 0 Å². The first-order valence-electron chi connectivity index (χ1n) is 11.1. The van der Waals surface area contributed by atoms with Gasteiger partial charge in [-0.05, 0) is 42.3 Å². The van der Waals surface area contributed by atoms with Gasteiger partial charge in [0.05, 0.1) is 17.6 Å². The molecule has 0 amide bonds. The maximum atomic E-state index is 13.7. The largest absolute Gasteiger partial charge is 0.493 e. The molecule has 1 aromatic heterocycles. The molecule has 3 aromatic carbocycles. The quantitative estimate of drug-likeness (QED) is 0.345. The third-order valence-corrected chi connectivity index (χ3v) is 6.01. The van der Waals surface area contributed by atoms with Gasteiger partial charge in [-0.25, -0.2) is 4.98 Å². The van der Waals surface area contributed by atoms with Gasteiger partial charge in [0.1, 0.15) is 5.75 Å². The van der Waals surface area contributed by atoms with Crippen molar-refractivity contribution in [1.29, 1.82) is 0 Å². The van der Waals surface area contributed by atoms with E-state index in [0.29, 0.717) is 29.2 Å². The molecule has 1 aliphatic heterocycles. The van der Waals surface area contributed by atoms with E-state index in [0.717, 1.165) is 36.4 Å². The van der Waals surface area contributed by atoms with E-state index < -0.39 is 12.0 Å². The van der Waals surface area contributed by atoms with Crippen LogP contribution >= 0.6 is 0 Å². The lowest BCUT2D eigenvalue weighted by Gasteiger charge is -2.14. The summed E-state index contributed by atoms with van der Waals surface area (Å²) in [7, 11) is 0. The number of hydrogen-bond donors (Lipinski definition) is 1. The van der Waals surface area contributed by atoms with E-state index in [9.17, 15) is 13.2 Å². The highest BCUT2D eigenvalue weighted by molar-refractivity contribution is 5.78. The van der Waals surface area contributed by atoms with E-state index in [1.54, 1.807) is 42.5 Å². The van der Waals surface area contributed by atoms with Gasteiger partial charge in [0.2, 0.25) is 5.82 Å². The van der Waals surface area contributed by atoms with Crippen LogP contribution in [0.4, 0.5) is 18.9 Å². The Bertz CT molecular complexity index is 1300. The van der Waals surface area contributed by atoms with Crippen LogP contribution in [0, 0.1) is 0 Å². The van der Waals surface area contributed by atoms with E-state index in [2.05, 4.69) is 23.3 Å². The molecule has 170 valence electrons. The lowest BCUT2D eigenvalue weighted by Crippen LogP contribution is -2.14. The van der Waals surface area contributed by atoms with Gasteiger partial charge in [0, 0.05) is 35.5 Å². The smallest absolute Gasteiger partial charge is 0.450 e. The standard InChI is InChI=1S/C26H24F3N3O/c1-2-6-18-16-33-24-14-19(11-12-21(18)24)30-15-17-7-5-8-20(13-17)32-23-10-4-3-9-22(23)31-25(32)26(27,28)29/h3-5,7-14,18,30H,2,6,15-16H2,1H3. The van der Waals surface area contributed by atoms with Crippen molar-refractivity contribution < 1.29 is 17.9 Å². The molecule has 0 saturated heterocycles. The minimum absolute atomic E-state index is 0.313. The number of benzene rings is 3. The Morgan fingerprint density at radius 2 is 1.91 bits per heavy atom. The third-order valence-electron chi connectivity index (χ3n) is 6.01. The lowest BCUT2D eigenvalue weighted by atomic mass is 9.96. The molecule has 0 bridgehead atoms. The van der Waals surface area contributed by atoms with Crippen molar-refractivity contribution in [3.8, 4) is 11.4 Å². The minimum atomic E-state index is -4.56. The Balaban J connectivity index is 1.40. The first-order chi connectivity index (χ1) is 15.9. The number of rotatable bonds is 6. The van der Waals surface area contributed by atoms with Gasteiger partial charge in [-0.15, -0.1) is 0 Å². The average Bonchev–Trinajstić information content (AvgIpc) is 3.39. The van der Waals surface area contributed by atoms with Crippen molar-refractivity contribution in [2.45, 2.75) is 38.4 Å². The Hall–Kier alpha value is -3.48. The molecule has 33 heavy (non-hydrogen) atoms. The summed E-state index contributed by atoms with van der Waals surface area (Å²) in [6.07, 6.45) is -2.34. The molecular weight excluding hydrogens is 427 g/mol. The molecule has 7 heteroatoms. The molecule has 0 radical (unpaired) electrons. The average molecular weight is 451 g/mol. The van der Waals surface area contributed by atoms with Gasteiger partial charge >= 0.3 is 6.18 Å². The van der Waals surface area contributed by atoms with E-state index in [1.807, 2.05) is 18.2 Å². The van der Waals surface area contributed by atoms with Crippen molar-refractivity contribution in [1.82, 2.24) is 9.55 Å². The Kier molecular flexibility index (Phi) is 5.48. The van der Waals surface area contributed by atoms with Crippen LogP contribution in [0.15, 0.2) is 66.7 Å². The van der Waals surface area contributed by atoms with Gasteiger partial charge in [-0.1, -0.05) is 43.7 Å². The highest BCUT2D eigenvalue weighted by atomic mass is 19.4. The van der Waals surface area contributed by atoms with Crippen molar-refractivity contribution in [2.24, 2.45) is 0 Å². The van der Waals surface area contributed by atoms with Gasteiger partial charge in [0.25, 0.3) is 0 Å². The summed E-state index contributed by atoms with van der Waals surface area (Å²) in [5.41, 5.74) is 4.19. The second kappa shape index (κ2) is 8.46. The van der Waals surface area contributed by atoms with Gasteiger partial charge in [-0.3, -0.25) is 4.57 Å². The monoisotopic (exact) mass is 451 g/mol. The SMILES string of the molecule is CCCC1COc2cc(NCc3cccc(-n4c(C(F)(F)F)nc5ccccc54)c3)ccc21. The van der Waals surface area contributed by atoms with Gasteiger partial charge in [-0.2, -0.15) is 13.2 Å². The fraction of sp³-hybridized carbons (Fsp3) is 0.269. The summed E-state index contributed by atoms with van der Waals surface area (Å²) in [5.74, 6) is 0.432. The molecule has 0 fully saturated rings. The maximum Gasteiger partial charge on any atom is 0.450 e. The Labute approximate surface area is 190 Å². The van der Waals surface area contributed by atoms with E-state index in [1.165, 1.54) is 10.1 Å². The molecule has 2 heterocycles. The molecule has 1 aliphatic rings. The predicted molar refractivity (Wildman–Crippen MR) is 123 cm³/mol. The Morgan fingerprint density at radius 3 is 2.73 bits per heavy atom. The normalized spacial score (nSPS) is 15.5. The van der Waals surface area contributed by atoms with Crippen molar-refractivity contribution in [3.05, 3.63) is 83.7 Å². The number of ether oxygens (including phenoxy) is 1. The zero-order valence-electron chi connectivity index (χ0n) is 18.2. The van der Waals surface area contributed by atoms with Crippen LogP contribution in [0.3, 0.4) is 0 Å². The summed E-state index contributed by atoms with van der Waals surface area (Å²) in [6.45, 7) is 3.36. The van der Waals surface area contributed by atoms with Crippen molar-refractivity contribution in [2.75, 3.05) is 11.9 Å². The topological polar surface area (TPSA) is 39.1 Å². The van der Waals surface area contributed by atoms with Crippen molar-refractivity contribution in [3.63, 3.8) is 0 Å². The molecule has 0 spiro atoms. The fourth-order valence-corrected chi connectivity index (χ4v) is 4.46. The second-order valence-corrected chi connectivity index (χ2v) is 8.33. The van der Waals surface area contributed by atoms with Crippen LogP contribution in [0.2, 0.25) is 0 Å². The van der Waals surface area contributed by atoms with Crippen LogP contribution < -0.4 is 10.1 Å². The number of aromatic nitrogens is 2. The summed E-state index contributed by atoms with van der Waals surface area (Å²) in [4.78, 5) is 3.84. The first-order valence-corrected chi connectivity index (χ1v) is 11.1. The zero-order valence-corrected chi connectivity index (χ0v) is 18.2. The highest BCUT2D eigenvalue weighted by Crippen LogP contribution is 2.38. The number of fused-ring (bicyclic) bond motifs is 2. The highest BCUT2D eigenvalue weighted by Gasteiger charge is 2.38. The molecule has 0 saturated carbocycles. The zero-order chi connectivity index (χ0) is 23.0. The summed E-state index contributed by atoms with van der Waals surface area (Å²) < 4.78 is 48.2. The predicted octanol–water partition coefficient (Wildman–Crippen LogP) is 6.93. The number of para-hydroxylation sites is 2. The van der Waals surface area contributed by atoms with Crippen LogP contribution in [0.5, 0.6) is 5.75 Å². The van der Waals surface area contributed by atoms with Crippen molar-refractivity contribution >= 4 is 16.7 Å². The van der Waals surface area contributed by atoms with Crippen LogP contribution in [0.25, 0.3) is 16.7 Å². The minimum Gasteiger partial charge on any atom is -0.493 e. The summed E-state index contributed by atoms with van der Waals surface area (Å²) in [6, 6.07) is 19.9. The number of nitrogens with zero attached hydrogens (tertiary/aromatic N) is 2. The number of anilines is 1. The third kappa shape index (κ3) is 4.15. The molecule has 5 rings (SSSR count). The number of halogens is 3. The summed E-state index contributed by atoms with van der Waals surface area (Å²) >= 11 is 0. The molecular formula is C26H24F3N3O. The first kappa shape index (κ1) is 21.4. The molecule has 1 unspecified atom stereocenters. The molecule has 0 aliphatic carbocycles. The maximum absolute atomic E-state index is 13.7. The van der Waals surface area contributed by atoms with Crippen LogP contribution in [-0.2, 0) is 12.7 Å². The molecule has 1 N–H and O–H groups in total. The van der Waals surface area contributed by atoms with Gasteiger partial charge < -0.3 is 10.1 Å². The lowest BCUT2D eigenvalue weighted by molar-refractivity contribution is -0.145. The second-order valence-electron chi connectivity index (χ2n) is 8.33. The van der Waals surface area contributed by atoms with E-state index in [4.69, 9.17) is 4.74 Å². The molecule has 4 nitrogen and oxygen atoms in total.